The zero-order valence-electron chi connectivity index (χ0n) is 3.72. The van der Waals surface area contributed by atoms with E-state index in [1.807, 2.05) is 0 Å². The summed E-state index contributed by atoms with van der Waals surface area (Å²) in [6.45, 7) is -0.0602. The number of thiocarbonyl (C=S) groups is 1. The SMILES string of the molecule is O.OCCC(O)=S. The Hall–Kier alpha value is -0.190. The van der Waals surface area contributed by atoms with Crippen LogP contribution in [0.15, 0.2) is 0 Å². The van der Waals surface area contributed by atoms with E-state index in [1.54, 1.807) is 0 Å². The largest absolute Gasteiger partial charge is 0.502 e. The van der Waals surface area contributed by atoms with Gasteiger partial charge in [-0.2, -0.15) is 0 Å². The van der Waals surface area contributed by atoms with Gasteiger partial charge in [-0.15, -0.1) is 0 Å². The summed E-state index contributed by atoms with van der Waals surface area (Å²) < 4.78 is 0. The molecule has 3 nitrogen and oxygen atoms in total. The molecule has 44 valence electrons. The first-order valence-corrected chi connectivity index (χ1v) is 2.01. The molecule has 0 unspecified atom stereocenters. The van der Waals surface area contributed by atoms with E-state index < -0.39 is 0 Å². The van der Waals surface area contributed by atoms with Crippen molar-refractivity contribution in [1.82, 2.24) is 0 Å². The summed E-state index contributed by atoms with van der Waals surface area (Å²) >= 11 is 4.19. The lowest BCUT2D eigenvalue weighted by Crippen LogP contribution is -1.93. The Morgan fingerprint density at radius 2 is 2.00 bits per heavy atom. The summed E-state index contributed by atoms with van der Waals surface area (Å²) in [6.07, 6.45) is 0.218. The molecule has 0 heterocycles. The molecule has 0 aliphatic heterocycles. The van der Waals surface area contributed by atoms with Gasteiger partial charge in [0, 0.05) is 6.42 Å². The molecule has 4 heteroatoms. The maximum Gasteiger partial charge on any atom is 0.158 e. The van der Waals surface area contributed by atoms with E-state index in [-0.39, 0.29) is 23.6 Å². The molecule has 0 aliphatic carbocycles. The van der Waals surface area contributed by atoms with Gasteiger partial charge in [0.05, 0.1) is 6.61 Å². The summed E-state index contributed by atoms with van der Waals surface area (Å²) in [5, 5.41) is 16.0. The third-order valence-electron chi connectivity index (χ3n) is 0.326. The number of rotatable bonds is 2. The average Bonchev–Trinajstić information content (AvgIpc) is 1.35. The second-order valence-electron chi connectivity index (χ2n) is 0.867. The zero-order valence-corrected chi connectivity index (χ0v) is 4.53. The normalized spacial score (nSPS) is 7.00. The van der Waals surface area contributed by atoms with Crippen LogP contribution in [0, 0.1) is 0 Å². The van der Waals surface area contributed by atoms with Crippen LogP contribution in [0.3, 0.4) is 0 Å². The molecule has 0 fully saturated rings. The van der Waals surface area contributed by atoms with Gasteiger partial charge < -0.3 is 15.7 Å². The predicted molar refractivity (Wildman–Crippen MR) is 30.5 cm³/mol. The highest BCUT2D eigenvalue weighted by Gasteiger charge is 1.83. The fourth-order valence-corrected chi connectivity index (χ4v) is 0.187. The molecule has 0 saturated heterocycles. The van der Waals surface area contributed by atoms with Crippen molar-refractivity contribution >= 4 is 17.3 Å². The highest BCUT2D eigenvalue weighted by molar-refractivity contribution is 7.80. The van der Waals surface area contributed by atoms with Crippen LogP contribution in [0.5, 0.6) is 0 Å². The molecule has 4 N–H and O–H groups in total. The number of aliphatic hydroxyl groups is 2. The predicted octanol–water partition coefficient (Wildman–Crippen LogP) is -0.571. The van der Waals surface area contributed by atoms with Crippen molar-refractivity contribution in [2.75, 3.05) is 6.61 Å². The molecule has 0 bridgehead atoms. The van der Waals surface area contributed by atoms with Crippen molar-refractivity contribution in [3.63, 3.8) is 0 Å². The van der Waals surface area contributed by atoms with Crippen LogP contribution in [-0.4, -0.2) is 27.3 Å². The highest BCUT2D eigenvalue weighted by Crippen LogP contribution is 1.75. The van der Waals surface area contributed by atoms with Crippen LogP contribution in [0.2, 0.25) is 0 Å². The molecule has 0 aliphatic rings. The van der Waals surface area contributed by atoms with Crippen LogP contribution in [0.1, 0.15) is 6.42 Å². The van der Waals surface area contributed by atoms with Gasteiger partial charge in [-0.1, -0.05) is 0 Å². The molecule has 0 spiro atoms. The first kappa shape index (κ1) is 9.94. The molecule has 0 rings (SSSR count). The summed E-state index contributed by atoms with van der Waals surface area (Å²) in [6, 6.07) is 0. The van der Waals surface area contributed by atoms with Gasteiger partial charge in [-0.3, -0.25) is 0 Å². The molecule has 0 aromatic rings. The van der Waals surface area contributed by atoms with E-state index in [2.05, 4.69) is 12.2 Å². The van der Waals surface area contributed by atoms with E-state index >= 15 is 0 Å². The third-order valence-corrected chi connectivity index (χ3v) is 0.530. The van der Waals surface area contributed by atoms with Crippen LogP contribution in [-0.2, 0) is 0 Å². The fourth-order valence-electron chi connectivity index (χ4n) is 0.0956. The van der Waals surface area contributed by atoms with Gasteiger partial charge in [0.25, 0.3) is 0 Å². The van der Waals surface area contributed by atoms with E-state index in [0.717, 1.165) is 0 Å². The average molecular weight is 124 g/mol. The van der Waals surface area contributed by atoms with E-state index in [1.165, 1.54) is 0 Å². The Morgan fingerprint density at radius 3 is 2.00 bits per heavy atom. The van der Waals surface area contributed by atoms with Crippen LogP contribution in [0.25, 0.3) is 0 Å². The van der Waals surface area contributed by atoms with Crippen LogP contribution < -0.4 is 0 Å². The maximum atomic E-state index is 8.12. The summed E-state index contributed by atoms with van der Waals surface area (Å²) in [7, 11) is 0. The third kappa shape index (κ3) is 10.7. The maximum absolute atomic E-state index is 8.12. The second kappa shape index (κ2) is 5.81. The first-order chi connectivity index (χ1) is 2.77. The van der Waals surface area contributed by atoms with Crippen molar-refractivity contribution in [3.8, 4) is 0 Å². The van der Waals surface area contributed by atoms with E-state index in [9.17, 15) is 0 Å². The van der Waals surface area contributed by atoms with Gasteiger partial charge >= 0.3 is 0 Å². The van der Waals surface area contributed by atoms with Gasteiger partial charge in [0.1, 0.15) is 0 Å². The van der Waals surface area contributed by atoms with Gasteiger partial charge in [-0.05, 0) is 12.2 Å². The Balaban J connectivity index is 0. The van der Waals surface area contributed by atoms with Crippen molar-refractivity contribution in [2.24, 2.45) is 0 Å². The fraction of sp³-hybridized carbons (Fsp3) is 0.667. The minimum Gasteiger partial charge on any atom is -0.502 e. The summed E-state index contributed by atoms with van der Waals surface area (Å²) in [4.78, 5) is 0. The van der Waals surface area contributed by atoms with Crippen molar-refractivity contribution in [3.05, 3.63) is 0 Å². The standard InChI is InChI=1S/C3H6O2S.H2O/c4-2-1-3(5)6;/h4H,1-2H2,(H,5,6);1H2. The van der Waals surface area contributed by atoms with Gasteiger partial charge in [0.15, 0.2) is 5.05 Å². The lowest BCUT2D eigenvalue weighted by atomic mass is 10.5. The second-order valence-corrected chi connectivity index (χ2v) is 1.34. The molecule has 7 heavy (non-hydrogen) atoms. The minimum absolute atomic E-state index is 0. The van der Waals surface area contributed by atoms with E-state index in [4.69, 9.17) is 10.2 Å². The molecule has 0 aromatic carbocycles. The molecule has 0 amide bonds. The summed E-state index contributed by atoms with van der Waals surface area (Å²) in [5.74, 6) is 0. The quantitative estimate of drug-likeness (QED) is 0.484. The lowest BCUT2D eigenvalue weighted by molar-refractivity contribution is 0.300. The van der Waals surface area contributed by atoms with Crippen molar-refractivity contribution in [2.45, 2.75) is 6.42 Å². The highest BCUT2D eigenvalue weighted by atomic mass is 32.1. The monoisotopic (exact) mass is 124 g/mol. The lowest BCUT2D eigenvalue weighted by Gasteiger charge is -1.83. The van der Waals surface area contributed by atoms with Gasteiger partial charge in [0.2, 0.25) is 0 Å². The minimum atomic E-state index is -0.127. The topological polar surface area (TPSA) is 72.0 Å². The Labute approximate surface area is 46.9 Å². The van der Waals surface area contributed by atoms with Crippen LogP contribution in [0.4, 0.5) is 0 Å². The Morgan fingerprint density at radius 1 is 1.57 bits per heavy atom. The molecular weight excluding hydrogens is 116 g/mol. The smallest absolute Gasteiger partial charge is 0.158 e. The Kier molecular flexibility index (Phi) is 8.25. The number of aliphatic hydroxyl groups excluding tert-OH is 2. The molecular formula is C3H8O3S. The first-order valence-electron chi connectivity index (χ1n) is 1.60. The van der Waals surface area contributed by atoms with Gasteiger partial charge in [-0.25, -0.2) is 0 Å². The molecule has 0 aromatic heterocycles. The zero-order chi connectivity index (χ0) is 4.99. The number of hydrogen-bond acceptors (Lipinski definition) is 2. The van der Waals surface area contributed by atoms with Crippen LogP contribution >= 0.6 is 12.2 Å². The summed E-state index contributed by atoms with van der Waals surface area (Å²) in [5.41, 5.74) is 0. The van der Waals surface area contributed by atoms with Crippen molar-refractivity contribution in [1.29, 1.82) is 0 Å². The van der Waals surface area contributed by atoms with Crippen molar-refractivity contribution < 1.29 is 15.7 Å². The van der Waals surface area contributed by atoms with E-state index in [0.29, 0.717) is 0 Å². The molecule has 0 radical (unpaired) electrons. The number of hydrogen-bond donors (Lipinski definition) is 2. The molecule has 0 saturated carbocycles. The molecule has 0 atom stereocenters. The Bertz CT molecular complexity index is 54.1.